The van der Waals surface area contributed by atoms with E-state index >= 15 is 0 Å². The van der Waals surface area contributed by atoms with Gasteiger partial charge in [0.25, 0.3) is 5.91 Å². The summed E-state index contributed by atoms with van der Waals surface area (Å²) in [5, 5.41) is 0. The molecule has 0 saturated carbocycles. The quantitative estimate of drug-likeness (QED) is 0.922. The SMILES string of the molecule is CN1CCCC(N(C)C(=O)c2sc3cccnc3c2N)C1. The molecule has 1 amide bonds. The second-order valence-corrected chi connectivity index (χ2v) is 6.72. The number of pyridine rings is 1. The van der Waals surface area contributed by atoms with Crippen LogP contribution in [0.5, 0.6) is 0 Å². The van der Waals surface area contributed by atoms with Crippen molar-refractivity contribution in [1.29, 1.82) is 0 Å². The summed E-state index contributed by atoms with van der Waals surface area (Å²) in [4.78, 5) is 21.8. The summed E-state index contributed by atoms with van der Waals surface area (Å²) in [6.45, 7) is 2.03. The van der Waals surface area contributed by atoms with Gasteiger partial charge in [-0.15, -0.1) is 11.3 Å². The van der Waals surface area contributed by atoms with E-state index in [1.54, 1.807) is 6.20 Å². The Morgan fingerprint density at radius 3 is 3.10 bits per heavy atom. The summed E-state index contributed by atoms with van der Waals surface area (Å²) >= 11 is 1.43. The van der Waals surface area contributed by atoms with Gasteiger partial charge in [0.15, 0.2) is 0 Å². The van der Waals surface area contributed by atoms with Gasteiger partial charge in [0.1, 0.15) is 10.4 Å². The maximum atomic E-state index is 12.8. The van der Waals surface area contributed by atoms with Gasteiger partial charge in [-0.3, -0.25) is 9.78 Å². The predicted octanol–water partition coefficient (Wildman–Crippen LogP) is 2.04. The molecule has 1 aliphatic heterocycles. The Bertz CT molecular complexity index is 669. The maximum absolute atomic E-state index is 12.8. The molecule has 1 atom stereocenters. The van der Waals surface area contributed by atoms with Gasteiger partial charge >= 0.3 is 0 Å². The van der Waals surface area contributed by atoms with Crippen LogP contribution >= 0.6 is 11.3 Å². The van der Waals surface area contributed by atoms with E-state index in [0.29, 0.717) is 10.6 Å². The Morgan fingerprint density at radius 1 is 1.57 bits per heavy atom. The van der Waals surface area contributed by atoms with Crippen LogP contribution in [0.2, 0.25) is 0 Å². The minimum absolute atomic E-state index is 0.0100. The van der Waals surface area contributed by atoms with Crippen molar-refractivity contribution < 1.29 is 4.79 Å². The van der Waals surface area contributed by atoms with E-state index in [1.165, 1.54) is 11.3 Å². The van der Waals surface area contributed by atoms with E-state index in [-0.39, 0.29) is 11.9 Å². The molecule has 2 aromatic heterocycles. The zero-order chi connectivity index (χ0) is 15.0. The lowest BCUT2D eigenvalue weighted by Crippen LogP contribution is -2.47. The number of hydrogen-bond donors (Lipinski definition) is 1. The molecule has 1 aliphatic rings. The second-order valence-electron chi connectivity index (χ2n) is 5.67. The van der Waals surface area contributed by atoms with E-state index in [1.807, 2.05) is 24.1 Å². The van der Waals surface area contributed by atoms with Crippen LogP contribution in [0.3, 0.4) is 0 Å². The van der Waals surface area contributed by atoms with Crippen LogP contribution in [-0.2, 0) is 0 Å². The zero-order valence-corrected chi connectivity index (χ0v) is 13.2. The average molecular weight is 304 g/mol. The van der Waals surface area contributed by atoms with Crippen LogP contribution in [0.4, 0.5) is 5.69 Å². The number of nitrogens with two attached hydrogens (primary N) is 1. The third-order valence-corrected chi connectivity index (χ3v) is 5.29. The number of fused-ring (bicyclic) bond motifs is 1. The van der Waals surface area contributed by atoms with Crippen LogP contribution in [0.1, 0.15) is 22.5 Å². The van der Waals surface area contributed by atoms with Crippen molar-refractivity contribution >= 4 is 33.1 Å². The molecule has 5 nitrogen and oxygen atoms in total. The lowest BCUT2D eigenvalue weighted by molar-refractivity contribution is 0.0650. The van der Waals surface area contributed by atoms with Gasteiger partial charge in [-0.05, 0) is 38.6 Å². The second kappa shape index (κ2) is 5.61. The van der Waals surface area contributed by atoms with E-state index in [2.05, 4.69) is 16.9 Å². The molecule has 0 aromatic carbocycles. The minimum atomic E-state index is 0.0100. The van der Waals surface area contributed by atoms with Crippen molar-refractivity contribution in [3.05, 3.63) is 23.2 Å². The molecule has 2 N–H and O–H groups in total. The number of likely N-dealkylation sites (tertiary alicyclic amines) is 1. The lowest BCUT2D eigenvalue weighted by atomic mass is 10.0. The van der Waals surface area contributed by atoms with Crippen LogP contribution in [0.15, 0.2) is 18.3 Å². The molecular weight excluding hydrogens is 284 g/mol. The Morgan fingerprint density at radius 2 is 2.38 bits per heavy atom. The summed E-state index contributed by atoms with van der Waals surface area (Å²) in [6, 6.07) is 4.08. The smallest absolute Gasteiger partial charge is 0.266 e. The molecule has 0 bridgehead atoms. The number of anilines is 1. The van der Waals surface area contributed by atoms with Gasteiger partial charge in [0.2, 0.25) is 0 Å². The normalized spacial score (nSPS) is 19.8. The Hall–Kier alpha value is -1.66. The standard InChI is InChI=1S/C15H20N4OS/c1-18-8-4-5-10(9-18)19(2)15(20)14-12(16)13-11(21-14)6-3-7-17-13/h3,6-7,10H,4-5,8-9,16H2,1-2H3. The van der Waals surface area contributed by atoms with Crippen molar-refractivity contribution in [3.63, 3.8) is 0 Å². The molecule has 3 rings (SSSR count). The third kappa shape index (κ3) is 2.61. The van der Waals surface area contributed by atoms with Crippen LogP contribution < -0.4 is 5.73 Å². The molecule has 6 heteroatoms. The highest BCUT2D eigenvalue weighted by Crippen LogP contribution is 2.33. The summed E-state index contributed by atoms with van der Waals surface area (Å²) in [5.74, 6) is 0.0100. The Kier molecular flexibility index (Phi) is 3.82. The number of thiophene rings is 1. The fourth-order valence-corrected chi connectivity index (χ4v) is 3.95. The summed E-state index contributed by atoms with van der Waals surface area (Å²) in [5.41, 5.74) is 7.37. The number of carbonyl (C=O) groups is 1. The topological polar surface area (TPSA) is 62.5 Å². The molecule has 0 radical (unpaired) electrons. The number of aromatic nitrogens is 1. The van der Waals surface area contributed by atoms with Crippen molar-refractivity contribution in [1.82, 2.24) is 14.8 Å². The molecule has 0 spiro atoms. The third-order valence-electron chi connectivity index (χ3n) is 4.14. The van der Waals surface area contributed by atoms with Gasteiger partial charge in [-0.2, -0.15) is 0 Å². The molecular formula is C15H20N4OS. The molecule has 0 aliphatic carbocycles. The highest BCUT2D eigenvalue weighted by molar-refractivity contribution is 7.21. The number of hydrogen-bond acceptors (Lipinski definition) is 5. The first-order valence-electron chi connectivity index (χ1n) is 7.16. The predicted molar refractivity (Wildman–Crippen MR) is 86.6 cm³/mol. The molecule has 3 heterocycles. The number of rotatable bonds is 2. The van der Waals surface area contributed by atoms with Crippen molar-refractivity contribution in [2.45, 2.75) is 18.9 Å². The lowest BCUT2D eigenvalue weighted by Gasteiger charge is -2.35. The van der Waals surface area contributed by atoms with Crippen molar-refractivity contribution in [2.75, 3.05) is 32.9 Å². The Labute approximate surface area is 128 Å². The zero-order valence-electron chi connectivity index (χ0n) is 12.4. The summed E-state index contributed by atoms with van der Waals surface area (Å²) in [7, 11) is 3.98. The van der Waals surface area contributed by atoms with Gasteiger partial charge < -0.3 is 15.5 Å². The minimum Gasteiger partial charge on any atom is -0.396 e. The number of nitrogen functional groups attached to an aromatic ring is 1. The van der Waals surface area contributed by atoms with E-state index in [9.17, 15) is 4.79 Å². The molecule has 1 saturated heterocycles. The summed E-state index contributed by atoms with van der Waals surface area (Å²) in [6.07, 6.45) is 3.89. The molecule has 1 fully saturated rings. The molecule has 21 heavy (non-hydrogen) atoms. The number of amides is 1. The highest BCUT2D eigenvalue weighted by Gasteiger charge is 2.28. The fraction of sp³-hybridized carbons (Fsp3) is 0.467. The van der Waals surface area contributed by atoms with Crippen molar-refractivity contribution in [2.24, 2.45) is 0 Å². The highest BCUT2D eigenvalue weighted by atomic mass is 32.1. The van der Waals surface area contributed by atoms with Crippen LogP contribution in [0, 0.1) is 0 Å². The maximum Gasteiger partial charge on any atom is 0.266 e. The molecule has 2 aromatic rings. The van der Waals surface area contributed by atoms with Crippen LogP contribution in [-0.4, -0.2) is 53.9 Å². The van der Waals surface area contributed by atoms with Crippen LogP contribution in [0.25, 0.3) is 10.2 Å². The Balaban J connectivity index is 1.87. The van der Waals surface area contributed by atoms with E-state index < -0.39 is 0 Å². The van der Waals surface area contributed by atoms with Gasteiger partial charge in [0, 0.05) is 25.8 Å². The average Bonchev–Trinajstić information content (AvgIpc) is 2.83. The van der Waals surface area contributed by atoms with Gasteiger partial charge in [-0.1, -0.05) is 0 Å². The first-order chi connectivity index (χ1) is 10.1. The van der Waals surface area contributed by atoms with E-state index in [0.717, 1.165) is 36.1 Å². The molecule has 112 valence electrons. The monoisotopic (exact) mass is 304 g/mol. The van der Waals surface area contributed by atoms with Crippen molar-refractivity contribution in [3.8, 4) is 0 Å². The molecule has 1 unspecified atom stereocenters. The van der Waals surface area contributed by atoms with E-state index in [4.69, 9.17) is 5.73 Å². The first-order valence-corrected chi connectivity index (χ1v) is 7.98. The number of piperidine rings is 1. The van der Waals surface area contributed by atoms with Gasteiger partial charge in [0.05, 0.1) is 10.4 Å². The first kappa shape index (κ1) is 14.3. The largest absolute Gasteiger partial charge is 0.396 e. The number of carbonyl (C=O) groups excluding carboxylic acids is 1. The number of nitrogens with zero attached hydrogens (tertiary/aromatic N) is 3. The number of likely N-dealkylation sites (N-methyl/N-ethyl adjacent to an activating group) is 2. The van der Waals surface area contributed by atoms with Gasteiger partial charge in [-0.25, -0.2) is 0 Å². The fourth-order valence-electron chi connectivity index (χ4n) is 2.89. The summed E-state index contributed by atoms with van der Waals surface area (Å²) < 4.78 is 0.965.